The molecule has 0 heterocycles. The molecule has 0 radical (unpaired) electrons. The molecule has 1 atom stereocenters. The van der Waals surface area contributed by atoms with E-state index in [-0.39, 0.29) is 5.75 Å². The Morgan fingerprint density at radius 2 is 1.85 bits per heavy atom. The van der Waals surface area contributed by atoms with Crippen molar-refractivity contribution in [1.29, 1.82) is 0 Å². The van der Waals surface area contributed by atoms with E-state index in [1.165, 1.54) is 19.1 Å². The van der Waals surface area contributed by atoms with E-state index >= 15 is 0 Å². The van der Waals surface area contributed by atoms with Crippen molar-refractivity contribution in [3.8, 4) is 0 Å². The number of hydrogen-bond donors (Lipinski definition) is 2. The van der Waals surface area contributed by atoms with Gasteiger partial charge in [0.1, 0.15) is 9.84 Å². The maximum atomic E-state index is 11.1. The average Bonchev–Trinajstić information content (AvgIpc) is 2.26. The minimum atomic E-state index is -2.95. The number of aliphatic imine (C=N–C) groups is 1. The smallest absolute Gasteiger partial charge is 0.191 e. The zero-order valence-corrected chi connectivity index (χ0v) is 14.4. The first kappa shape index (κ1) is 19.2. The highest BCUT2D eigenvalue weighted by Gasteiger charge is 2.06. The molecule has 120 valence electrons. The molecular weight excluding hydrogens is 274 g/mol. The zero-order chi connectivity index (χ0) is 15.6. The van der Waals surface area contributed by atoms with Gasteiger partial charge in [-0.25, -0.2) is 8.42 Å². The molecule has 5 nitrogen and oxygen atoms in total. The lowest BCUT2D eigenvalue weighted by atomic mass is 10.0. The fraction of sp³-hybridized carbons (Fsp3) is 0.929. The summed E-state index contributed by atoms with van der Waals surface area (Å²) in [7, 11) is -2.95. The highest BCUT2D eigenvalue weighted by atomic mass is 32.2. The second-order valence-electron chi connectivity index (χ2n) is 5.76. The third-order valence-electron chi connectivity index (χ3n) is 2.88. The summed E-state index contributed by atoms with van der Waals surface area (Å²) < 4.78 is 22.2. The van der Waals surface area contributed by atoms with Gasteiger partial charge in [0.05, 0.1) is 12.3 Å². The maximum absolute atomic E-state index is 11.1. The van der Waals surface area contributed by atoms with Gasteiger partial charge in [0.25, 0.3) is 0 Å². The Balaban J connectivity index is 4.20. The molecule has 0 aromatic rings. The van der Waals surface area contributed by atoms with Crippen molar-refractivity contribution in [1.82, 2.24) is 10.6 Å². The van der Waals surface area contributed by atoms with Crippen molar-refractivity contribution in [3.05, 3.63) is 0 Å². The van der Waals surface area contributed by atoms with Crippen molar-refractivity contribution in [2.45, 2.75) is 53.0 Å². The molecule has 0 aliphatic heterocycles. The summed E-state index contributed by atoms with van der Waals surface area (Å²) >= 11 is 0. The second kappa shape index (κ2) is 10.0. The molecule has 0 spiro atoms. The molecule has 0 aromatic heterocycles. The Kier molecular flexibility index (Phi) is 9.63. The van der Waals surface area contributed by atoms with E-state index in [0.717, 1.165) is 18.9 Å². The summed E-state index contributed by atoms with van der Waals surface area (Å²) in [6.07, 6.45) is 4.74. The van der Waals surface area contributed by atoms with Gasteiger partial charge in [0, 0.05) is 18.8 Å². The topological polar surface area (TPSA) is 70.6 Å². The molecule has 0 bridgehead atoms. The molecule has 0 saturated heterocycles. The predicted molar refractivity (Wildman–Crippen MR) is 87.0 cm³/mol. The van der Waals surface area contributed by atoms with Crippen LogP contribution in [0.4, 0.5) is 0 Å². The van der Waals surface area contributed by atoms with Crippen LogP contribution in [0.5, 0.6) is 0 Å². The van der Waals surface area contributed by atoms with E-state index in [4.69, 9.17) is 0 Å². The van der Waals surface area contributed by atoms with Crippen LogP contribution in [-0.4, -0.2) is 45.5 Å². The van der Waals surface area contributed by atoms with Gasteiger partial charge in [0.2, 0.25) is 0 Å². The minimum Gasteiger partial charge on any atom is -0.357 e. The van der Waals surface area contributed by atoms with Crippen molar-refractivity contribution in [2.24, 2.45) is 10.9 Å². The van der Waals surface area contributed by atoms with E-state index in [2.05, 4.69) is 36.4 Å². The number of sulfone groups is 1. The van der Waals surface area contributed by atoms with Crippen LogP contribution in [0.1, 0.15) is 47.0 Å². The summed E-state index contributed by atoms with van der Waals surface area (Å²) in [5, 5.41) is 6.46. The average molecular weight is 305 g/mol. The van der Waals surface area contributed by atoms with Gasteiger partial charge in [-0.2, -0.15) is 0 Å². The highest BCUT2D eigenvalue weighted by Crippen LogP contribution is 2.08. The van der Waals surface area contributed by atoms with Crippen LogP contribution < -0.4 is 10.6 Å². The summed E-state index contributed by atoms with van der Waals surface area (Å²) in [6.45, 7) is 9.65. The molecule has 20 heavy (non-hydrogen) atoms. The summed E-state index contributed by atoms with van der Waals surface area (Å²) in [4.78, 5) is 4.30. The molecule has 1 unspecified atom stereocenters. The SMILES string of the molecule is CCNC(=NCCS(C)(=O)=O)NC(C)CCCC(C)C. The predicted octanol–water partition coefficient (Wildman–Crippen LogP) is 1.80. The first-order valence-electron chi connectivity index (χ1n) is 7.47. The van der Waals surface area contributed by atoms with Crippen LogP contribution in [-0.2, 0) is 9.84 Å². The lowest BCUT2D eigenvalue weighted by Gasteiger charge is -2.18. The number of guanidine groups is 1. The van der Waals surface area contributed by atoms with Crippen LogP contribution >= 0.6 is 0 Å². The van der Waals surface area contributed by atoms with Gasteiger partial charge in [-0.05, 0) is 26.2 Å². The first-order chi connectivity index (χ1) is 9.24. The van der Waals surface area contributed by atoms with Crippen LogP contribution in [0.25, 0.3) is 0 Å². The Morgan fingerprint density at radius 3 is 2.35 bits per heavy atom. The zero-order valence-electron chi connectivity index (χ0n) is 13.6. The van der Waals surface area contributed by atoms with Crippen LogP contribution in [0.3, 0.4) is 0 Å². The van der Waals surface area contributed by atoms with Gasteiger partial charge < -0.3 is 10.6 Å². The molecule has 0 rings (SSSR count). The van der Waals surface area contributed by atoms with Crippen molar-refractivity contribution in [2.75, 3.05) is 25.1 Å². The lowest BCUT2D eigenvalue weighted by Crippen LogP contribution is -2.42. The number of hydrogen-bond acceptors (Lipinski definition) is 3. The largest absolute Gasteiger partial charge is 0.357 e. The molecule has 0 aromatic carbocycles. The first-order valence-corrected chi connectivity index (χ1v) is 9.53. The summed E-state index contributed by atoms with van der Waals surface area (Å²) in [6, 6.07) is 0.338. The second-order valence-corrected chi connectivity index (χ2v) is 8.02. The fourth-order valence-electron chi connectivity index (χ4n) is 1.78. The van der Waals surface area contributed by atoms with Gasteiger partial charge in [-0.1, -0.05) is 26.7 Å². The fourth-order valence-corrected chi connectivity index (χ4v) is 2.20. The van der Waals surface area contributed by atoms with Crippen molar-refractivity contribution >= 4 is 15.8 Å². The Morgan fingerprint density at radius 1 is 1.20 bits per heavy atom. The van der Waals surface area contributed by atoms with Gasteiger partial charge in [-0.3, -0.25) is 4.99 Å². The summed E-state index contributed by atoms with van der Waals surface area (Å²) in [5.41, 5.74) is 0. The Bertz CT molecular complexity index is 378. The van der Waals surface area contributed by atoms with Crippen LogP contribution in [0.15, 0.2) is 4.99 Å². The molecule has 0 saturated carbocycles. The maximum Gasteiger partial charge on any atom is 0.191 e. The van der Waals surface area contributed by atoms with Gasteiger partial charge >= 0.3 is 0 Å². The molecular formula is C14H31N3O2S. The standard InChI is InChI=1S/C14H31N3O2S/c1-6-15-14(16-10-11-20(5,18)19)17-13(4)9-7-8-12(2)3/h12-13H,6-11H2,1-5H3,(H2,15,16,17). The normalized spacial score (nSPS) is 14.4. The lowest BCUT2D eigenvalue weighted by molar-refractivity contribution is 0.491. The quantitative estimate of drug-likeness (QED) is 0.503. The van der Waals surface area contributed by atoms with Crippen LogP contribution in [0, 0.1) is 5.92 Å². The van der Waals surface area contributed by atoms with Crippen molar-refractivity contribution < 1.29 is 8.42 Å². The monoisotopic (exact) mass is 305 g/mol. The van der Waals surface area contributed by atoms with E-state index < -0.39 is 9.84 Å². The molecule has 0 aliphatic carbocycles. The molecule has 2 N–H and O–H groups in total. The van der Waals surface area contributed by atoms with Crippen LogP contribution in [0.2, 0.25) is 0 Å². The van der Waals surface area contributed by atoms with Gasteiger partial charge in [-0.15, -0.1) is 0 Å². The molecule has 0 fully saturated rings. The number of rotatable bonds is 9. The van der Waals surface area contributed by atoms with Crippen molar-refractivity contribution in [3.63, 3.8) is 0 Å². The van der Waals surface area contributed by atoms with E-state index in [1.807, 2.05) is 6.92 Å². The Labute approximate surface area is 124 Å². The van der Waals surface area contributed by atoms with E-state index in [0.29, 0.717) is 18.5 Å². The Hall–Kier alpha value is -0.780. The number of nitrogens with zero attached hydrogens (tertiary/aromatic N) is 1. The molecule has 6 heteroatoms. The van der Waals surface area contributed by atoms with E-state index in [1.54, 1.807) is 0 Å². The molecule has 0 aliphatic rings. The minimum absolute atomic E-state index is 0.0886. The number of nitrogens with one attached hydrogen (secondary N) is 2. The third kappa shape index (κ3) is 12.3. The third-order valence-corrected chi connectivity index (χ3v) is 3.80. The van der Waals surface area contributed by atoms with E-state index in [9.17, 15) is 8.42 Å². The molecule has 0 amide bonds. The summed E-state index contributed by atoms with van der Waals surface area (Å²) in [5.74, 6) is 1.53. The van der Waals surface area contributed by atoms with Gasteiger partial charge in [0.15, 0.2) is 5.96 Å². The highest BCUT2D eigenvalue weighted by molar-refractivity contribution is 7.90.